The Labute approximate surface area is 405 Å². The maximum atomic E-state index is 14.3. The largest absolute Gasteiger partial charge is 0.394 e. The van der Waals surface area contributed by atoms with Crippen LogP contribution in [-0.4, -0.2) is 156 Å². The first-order chi connectivity index (χ1) is 32.8. The van der Waals surface area contributed by atoms with Gasteiger partial charge in [0.2, 0.25) is 23.6 Å². The van der Waals surface area contributed by atoms with Gasteiger partial charge in [-0.25, -0.2) is 4.68 Å². The molecule has 1 saturated heterocycles. The number of nitrogens with one attached hydrogen (secondary N) is 4. The van der Waals surface area contributed by atoms with Crippen molar-refractivity contribution in [1.29, 1.82) is 0 Å². The summed E-state index contributed by atoms with van der Waals surface area (Å²) >= 11 is 0. The molecule has 1 aliphatic heterocycles. The Bertz CT molecular complexity index is 2170. The fourth-order valence-electron chi connectivity index (χ4n) is 7.55. The number of aromatic nitrogens is 3. The number of benzene rings is 2. The van der Waals surface area contributed by atoms with Gasteiger partial charge in [0.05, 0.1) is 57.5 Å². The standard InChI is InChI=1S/C48H72N8O12S/c1-34(2)27-40(44(59)48(5,63)33-68-69(64,65)26-12-23-67-32-38-30-56(19-22-57)54-53-38)50-47(62)42(29-37-15-10-7-11-16-37)52-46(61)41(28-35(3)4)51-45(60)39(18-17-36-13-8-6-9-14-36)49-43(58)31-55-20-24-66-25-21-55/h6-11,13-16,30,34-35,39-42,57,63H,12,17-29,31-33H2,1-5H3,(H,49,58)(H,50,62)(H,51,60)(H,52,61)/t39-,40-,41-,42-,48?/m0/s1. The second-order valence-electron chi connectivity index (χ2n) is 18.4. The van der Waals surface area contributed by atoms with Crippen LogP contribution in [0.1, 0.15) is 77.1 Å². The van der Waals surface area contributed by atoms with Gasteiger partial charge >= 0.3 is 0 Å². The summed E-state index contributed by atoms with van der Waals surface area (Å²) < 4.78 is 43.1. The Kier molecular flexibility index (Phi) is 23.3. The number of ether oxygens (including phenoxy) is 2. The van der Waals surface area contributed by atoms with Crippen molar-refractivity contribution in [2.24, 2.45) is 11.8 Å². The lowest BCUT2D eigenvalue weighted by molar-refractivity contribution is -0.143. The smallest absolute Gasteiger partial charge is 0.267 e. The maximum Gasteiger partial charge on any atom is 0.267 e. The number of rotatable bonds is 31. The predicted octanol–water partition coefficient (Wildman–Crippen LogP) is 1.08. The molecule has 0 bridgehead atoms. The zero-order valence-corrected chi connectivity index (χ0v) is 41.3. The lowest BCUT2D eigenvalue weighted by Crippen LogP contribution is -2.60. The first-order valence-electron chi connectivity index (χ1n) is 23.6. The lowest BCUT2D eigenvalue weighted by Gasteiger charge is -2.30. The van der Waals surface area contributed by atoms with Gasteiger partial charge in [0.1, 0.15) is 36.0 Å². The van der Waals surface area contributed by atoms with Gasteiger partial charge in [0.15, 0.2) is 5.78 Å². The van der Waals surface area contributed by atoms with Gasteiger partial charge in [-0.05, 0) is 62.0 Å². The van der Waals surface area contributed by atoms with Crippen LogP contribution >= 0.6 is 0 Å². The van der Waals surface area contributed by atoms with Crippen molar-refractivity contribution in [3.8, 4) is 0 Å². The van der Waals surface area contributed by atoms with Crippen LogP contribution in [0, 0.1) is 11.8 Å². The van der Waals surface area contributed by atoms with Gasteiger partial charge < -0.3 is 41.0 Å². The summed E-state index contributed by atoms with van der Waals surface area (Å²) in [6.45, 7) is 10.1. The Morgan fingerprint density at radius 2 is 1.39 bits per heavy atom. The van der Waals surface area contributed by atoms with Gasteiger partial charge in [-0.2, -0.15) is 8.42 Å². The number of aliphatic hydroxyl groups is 2. The molecule has 4 rings (SSSR count). The van der Waals surface area contributed by atoms with Crippen molar-refractivity contribution in [3.05, 3.63) is 83.7 Å². The van der Waals surface area contributed by atoms with E-state index in [4.69, 9.17) is 18.8 Å². The first kappa shape index (κ1) is 56.4. The molecule has 1 aliphatic rings. The molecule has 2 aromatic carbocycles. The van der Waals surface area contributed by atoms with E-state index in [1.54, 1.807) is 36.5 Å². The summed E-state index contributed by atoms with van der Waals surface area (Å²) in [5.74, 6) is -3.97. The van der Waals surface area contributed by atoms with Crippen LogP contribution in [0.2, 0.25) is 0 Å². The van der Waals surface area contributed by atoms with Crippen LogP contribution in [0.5, 0.6) is 0 Å². The number of aryl methyl sites for hydroxylation is 1. The Morgan fingerprint density at radius 1 is 0.812 bits per heavy atom. The third-order valence-corrected chi connectivity index (χ3v) is 12.4. The van der Waals surface area contributed by atoms with Crippen molar-refractivity contribution in [2.45, 2.75) is 116 Å². The molecule has 6 N–H and O–H groups in total. The summed E-state index contributed by atoms with van der Waals surface area (Å²) in [7, 11) is -4.23. The molecular formula is C48H72N8O12S. The first-order valence-corrected chi connectivity index (χ1v) is 25.2. The highest BCUT2D eigenvalue weighted by Crippen LogP contribution is 2.18. The van der Waals surface area contributed by atoms with Crippen LogP contribution in [0.15, 0.2) is 66.9 Å². The van der Waals surface area contributed by atoms with Gasteiger partial charge in [-0.1, -0.05) is 93.6 Å². The topological polar surface area (TPSA) is 270 Å². The van der Waals surface area contributed by atoms with E-state index in [1.165, 1.54) is 4.68 Å². The monoisotopic (exact) mass is 984 g/mol. The van der Waals surface area contributed by atoms with Crippen molar-refractivity contribution in [1.82, 2.24) is 41.2 Å². The number of carbonyl (C=O) groups is 5. The third-order valence-electron chi connectivity index (χ3n) is 11.2. The van der Waals surface area contributed by atoms with Gasteiger partial charge in [0.25, 0.3) is 10.1 Å². The number of nitrogens with zero attached hydrogens (tertiary/aromatic N) is 4. The molecule has 1 aromatic heterocycles. The second kappa shape index (κ2) is 28.5. The molecule has 382 valence electrons. The SMILES string of the molecule is CC(C)C[C@H](NC(=O)[C@H](CCc1ccccc1)NC(=O)CN1CCOCC1)C(=O)N[C@@H](Cc1ccccc1)C(=O)N[C@@H](CC(C)C)C(=O)C(C)(O)COS(=O)(=O)CCCOCc1cn(CCO)nn1. The minimum Gasteiger partial charge on any atom is -0.394 e. The molecule has 20 nitrogen and oxygen atoms in total. The van der Waals surface area contributed by atoms with E-state index in [2.05, 4.69) is 31.6 Å². The minimum atomic E-state index is -4.23. The summed E-state index contributed by atoms with van der Waals surface area (Å²) in [5, 5.41) is 39.4. The van der Waals surface area contributed by atoms with Crippen LogP contribution in [0.4, 0.5) is 0 Å². The summed E-state index contributed by atoms with van der Waals surface area (Å²) in [5.41, 5.74) is -0.225. The zero-order valence-electron chi connectivity index (χ0n) is 40.5. The highest BCUT2D eigenvalue weighted by molar-refractivity contribution is 7.86. The number of carbonyl (C=O) groups excluding carboxylic acids is 5. The average molecular weight is 985 g/mol. The van der Waals surface area contributed by atoms with Gasteiger partial charge in [0, 0.05) is 26.1 Å². The van der Waals surface area contributed by atoms with Crippen molar-refractivity contribution in [2.75, 3.05) is 58.4 Å². The van der Waals surface area contributed by atoms with E-state index < -0.39 is 75.8 Å². The maximum absolute atomic E-state index is 14.3. The predicted molar refractivity (Wildman–Crippen MR) is 256 cm³/mol. The minimum absolute atomic E-state index is 0.00797. The fourth-order valence-corrected chi connectivity index (χ4v) is 8.55. The number of hydrogen-bond donors (Lipinski definition) is 6. The molecule has 1 fully saturated rings. The number of ketones is 1. The van der Waals surface area contributed by atoms with Crippen LogP contribution < -0.4 is 21.3 Å². The molecule has 21 heteroatoms. The molecule has 0 spiro atoms. The van der Waals surface area contributed by atoms with E-state index >= 15 is 0 Å². The van der Waals surface area contributed by atoms with Crippen LogP contribution in [-0.2, 0) is 73.7 Å². The normalized spacial score (nSPS) is 16.0. The molecule has 1 unspecified atom stereocenters. The Hall–Kier alpha value is -5.16. The number of aliphatic hydroxyl groups excluding tert-OH is 1. The van der Waals surface area contributed by atoms with Crippen LogP contribution in [0.25, 0.3) is 0 Å². The van der Waals surface area contributed by atoms with Crippen molar-refractivity contribution >= 4 is 39.5 Å². The molecular weight excluding hydrogens is 913 g/mol. The Balaban J connectivity index is 1.45. The number of hydrogen-bond acceptors (Lipinski definition) is 15. The fraction of sp³-hybridized carbons (Fsp3) is 0.604. The zero-order chi connectivity index (χ0) is 50.4. The van der Waals surface area contributed by atoms with Gasteiger partial charge in [-0.15, -0.1) is 5.10 Å². The molecule has 69 heavy (non-hydrogen) atoms. The van der Waals surface area contributed by atoms with Crippen LogP contribution in [0.3, 0.4) is 0 Å². The molecule has 0 saturated carbocycles. The summed E-state index contributed by atoms with van der Waals surface area (Å²) in [6.07, 6.45) is 2.59. The molecule has 4 amide bonds. The highest BCUT2D eigenvalue weighted by Gasteiger charge is 2.40. The number of amides is 4. The number of Topliss-reactive ketones (excluding diaryl/α,β-unsaturated/α-hetero) is 1. The van der Waals surface area contributed by atoms with E-state index in [0.717, 1.165) is 12.5 Å². The average Bonchev–Trinajstić information content (AvgIpc) is 3.76. The van der Waals surface area contributed by atoms with Crippen molar-refractivity contribution in [3.63, 3.8) is 0 Å². The number of morpholine rings is 1. The molecule has 3 aromatic rings. The second-order valence-corrected chi connectivity index (χ2v) is 20.2. The molecule has 0 aliphatic carbocycles. The van der Waals surface area contributed by atoms with Gasteiger partial charge in [-0.3, -0.25) is 33.1 Å². The molecule has 0 radical (unpaired) electrons. The third kappa shape index (κ3) is 20.8. The van der Waals surface area contributed by atoms with E-state index in [-0.39, 0.29) is 82.8 Å². The quantitative estimate of drug-likeness (QED) is 0.0389. The van der Waals surface area contributed by atoms with E-state index in [1.807, 2.05) is 62.9 Å². The Morgan fingerprint density at radius 3 is 2.03 bits per heavy atom. The highest BCUT2D eigenvalue weighted by atomic mass is 32.2. The van der Waals surface area contributed by atoms with E-state index in [9.17, 15) is 37.5 Å². The molecule has 2 heterocycles. The lowest BCUT2D eigenvalue weighted by atomic mass is 9.90. The summed E-state index contributed by atoms with van der Waals surface area (Å²) in [6, 6.07) is 13.7. The van der Waals surface area contributed by atoms with E-state index in [0.29, 0.717) is 44.0 Å². The van der Waals surface area contributed by atoms with Crippen molar-refractivity contribution < 1.29 is 56.3 Å². The molecule has 5 atom stereocenters. The summed E-state index contributed by atoms with van der Waals surface area (Å²) in [4.78, 5) is 72.1.